The second-order valence-corrected chi connectivity index (χ2v) is 9.22. The van der Waals surface area contributed by atoms with Crippen LogP contribution in [0.5, 0.6) is 0 Å². The SMILES string of the molecule is Cc1cc(Cl)ccc1C(=O)N(Cc1ccc(-c2cccc(C(F)(F)F)c2)o1)C(Cc1ccccc1)C(=O)O. The highest BCUT2D eigenvalue weighted by Crippen LogP contribution is 2.33. The summed E-state index contributed by atoms with van der Waals surface area (Å²) in [5, 5.41) is 10.6. The molecule has 1 amide bonds. The molecule has 1 heterocycles. The van der Waals surface area contributed by atoms with E-state index >= 15 is 0 Å². The van der Waals surface area contributed by atoms with E-state index in [9.17, 15) is 27.9 Å². The molecule has 0 aliphatic carbocycles. The van der Waals surface area contributed by atoms with Crippen LogP contribution in [0.25, 0.3) is 11.3 Å². The van der Waals surface area contributed by atoms with Crippen LogP contribution in [0.1, 0.15) is 32.8 Å². The molecule has 0 fully saturated rings. The minimum absolute atomic E-state index is 0.0374. The lowest BCUT2D eigenvalue weighted by Crippen LogP contribution is -2.46. The van der Waals surface area contributed by atoms with Gasteiger partial charge < -0.3 is 14.4 Å². The Bertz CT molecular complexity index is 1450. The van der Waals surface area contributed by atoms with Crippen molar-refractivity contribution in [1.82, 2.24) is 4.90 Å². The number of rotatable bonds is 8. The van der Waals surface area contributed by atoms with Crippen LogP contribution < -0.4 is 0 Å². The van der Waals surface area contributed by atoms with Crippen LogP contribution in [0.15, 0.2) is 89.3 Å². The van der Waals surface area contributed by atoms with Crippen LogP contribution in [-0.2, 0) is 23.9 Å². The van der Waals surface area contributed by atoms with Crippen LogP contribution in [-0.4, -0.2) is 27.9 Å². The first-order valence-corrected chi connectivity index (χ1v) is 12.0. The maximum absolute atomic E-state index is 13.7. The fourth-order valence-corrected chi connectivity index (χ4v) is 4.37. The summed E-state index contributed by atoms with van der Waals surface area (Å²) in [7, 11) is 0. The Kier molecular flexibility index (Phi) is 7.92. The number of amides is 1. The molecule has 1 atom stereocenters. The average Bonchev–Trinajstić information content (AvgIpc) is 3.34. The first kappa shape index (κ1) is 27.0. The molecule has 0 radical (unpaired) electrons. The zero-order valence-corrected chi connectivity index (χ0v) is 21.0. The molecule has 1 unspecified atom stereocenters. The highest BCUT2D eigenvalue weighted by atomic mass is 35.5. The highest BCUT2D eigenvalue weighted by Gasteiger charge is 2.33. The van der Waals surface area contributed by atoms with E-state index in [0.717, 1.165) is 17.7 Å². The first-order valence-electron chi connectivity index (χ1n) is 11.6. The molecule has 38 heavy (non-hydrogen) atoms. The minimum atomic E-state index is -4.52. The van der Waals surface area contributed by atoms with Crippen molar-refractivity contribution in [2.24, 2.45) is 0 Å². The second-order valence-electron chi connectivity index (χ2n) is 8.78. The summed E-state index contributed by atoms with van der Waals surface area (Å²) in [4.78, 5) is 27.3. The summed E-state index contributed by atoms with van der Waals surface area (Å²) in [5.74, 6) is -1.37. The Morgan fingerprint density at radius 2 is 1.71 bits per heavy atom. The Hall–Kier alpha value is -4.04. The van der Waals surface area contributed by atoms with Crippen LogP contribution in [0.3, 0.4) is 0 Å². The van der Waals surface area contributed by atoms with Gasteiger partial charge in [0.05, 0.1) is 12.1 Å². The van der Waals surface area contributed by atoms with Crippen molar-refractivity contribution in [2.45, 2.75) is 32.1 Å². The van der Waals surface area contributed by atoms with Crippen molar-refractivity contribution in [3.63, 3.8) is 0 Å². The third-order valence-electron chi connectivity index (χ3n) is 6.08. The quantitative estimate of drug-likeness (QED) is 0.255. The lowest BCUT2D eigenvalue weighted by Gasteiger charge is -2.29. The number of alkyl halides is 3. The number of carbonyl (C=O) groups is 2. The van der Waals surface area contributed by atoms with E-state index < -0.39 is 29.7 Å². The number of carbonyl (C=O) groups excluding carboxylic acids is 1. The Morgan fingerprint density at radius 1 is 0.974 bits per heavy atom. The van der Waals surface area contributed by atoms with Gasteiger partial charge in [0.15, 0.2) is 0 Å². The molecule has 5 nitrogen and oxygen atoms in total. The number of nitrogens with zero attached hydrogens (tertiary/aromatic N) is 1. The maximum atomic E-state index is 13.7. The number of carboxylic acid groups (broad SMARTS) is 1. The van der Waals surface area contributed by atoms with Gasteiger partial charge in [-0.3, -0.25) is 4.79 Å². The van der Waals surface area contributed by atoms with Gasteiger partial charge in [0, 0.05) is 22.6 Å². The number of hydrogen-bond donors (Lipinski definition) is 1. The van der Waals surface area contributed by atoms with Gasteiger partial charge in [-0.25, -0.2) is 4.79 Å². The van der Waals surface area contributed by atoms with Gasteiger partial charge in [-0.1, -0.05) is 54.1 Å². The molecular weight excluding hydrogens is 519 g/mol. The van der Waals surface area contributed by atoms with Crippen molar-refractivity contribution in [3.05, 3.63) is 118 Å². The topological polar surface area (TPSA) is 70.8 Å². The number of carboxylic acids is 1. The van der Waals surface area contributed by atoms with Gasteiger partial charge in [-0.2, -0.15) is 13.2 Å². The molecule has 0 bridgehead atoms. The first-order chi connectivity index (χ1) is 18.0. The molecule has 196 valence electrons. The lowest BCUT2D eigenvalue weighted by molar-refractivity contribution is -0.142. The molecule has 0 spiro atoms. The molecule has 0 aliphatic heterocycles. The second kappa shape index (κ2) is 11.1. The van der Waals surface area contributed by atoms with Gasteiger partial charge in [0.2, 0.25) is 0 Å². The average molecular weight is 542 g/mol. The van der Waals surface area contributed by atoms with Gasteiger partial charge >= 0.3 is 12.1 Å². The van der Waals surface area contributed by atoms with Gasteiger partial charge in [-0.15, -0.1) is 0 Å². The normalized spacial score (nSPS) is 12.2. The largest absolute Gasteiger partial charge is 0.480 e. The Morgan fingerprint density at radius 3 is 2.37 bits per heavy atom. The van der Waals surface area contributed by atoms with Crippen molar-refractivity contribution < 1.29 is 32.3 Å². The number of aryl methyl sites for hydroxylation is 1. The van der Waals surface area contributed by atoms with Gasteiger partial charge in [-0.05, 0) is 60.5 Å². The molecular formula is C29H23ClF3NO4. The maximum Gasteiger partial charge on any atom is 0.416 e. The van der Waals surface area contributed by atoms with Crippen molar-refractivity contribution in [1.29, 1.82) is 0 Å². The van der Waals surface area contributed by atoms with E-state index in [0.29, 0.717) is 10.6 Å². The number of halogens is 4. The molecule has 4 aromatic rings. The zero-order valence-electron chi connectivity index (χ0n) is 20.2. The molecule has 0 aliphatic rings. The smallest absolute Gasteiger partial charge is 0.416 e. The highest BCUT2D eigenvalue weighted by molar-refractivity contribution is 6.30. The van der Waals surface area contributed by atoms with Crippen LogP contribution in [0.4, 0.5) is 13.2 Å². The van der Waals surface area contributed by atoms with E-state index in [-0.39, 0.29) is 35.6 Å². The van der Waals surface area contributed by atoms with Crippen LogP contribution in [0, 0.1) is 6.92 Å². The van der Waals surface area contributed by atoms with Gasteiger partial charge in [0.25, 0.3) is 5.91 Å². The lowest BCUT2D eigenvalue weighted by atomic mass is 10.0. The molecule has 1 N–H and O–H groups in total. The monoisotopic (exact) mass is 541 g/mol. The fraction of sp³-hybridized carbons (Fsp3) is 0.172. The Labute approximate surface area is 222 Å². The summed E-state index contributed by atoms with van der Waals surface area (Å²) in [6, 6.07) is 20.0. The number of benzene rings is 3. The summed E-state index contributed by atoms with van der Waals surface area (Å²) in [6.45, 7) is 1.48. The molecule has 9 heteroatoms. The summed E-state index contributed by atoms with van der Waals surface area (Å²) in [6.07, 6.45) is -4.48. The van der Waals surface area contributed by atoms with E-state index in [2.05, 4.69) is 0 Å². The molecule has 4 rings (SSSR count). The van der Waals surface area contributed by atoms with E-state index in [1.54, 1.807) is 49.4 Å². The number of hydrogen-bond acceptors (Lipinski definition) is 3. The third-order valence-corrected chi connectivity index (χ3v) is 6.31. The van der Waals surface area contributed by atoms with E-state index in [1.165, 1.54) is 35.2 Å². The predicted molar refractivity (Wildman–Crippen MR) is 137 cm³/mol. The van der Waals surface area contributed by atoms with Crippen molar-refractivity contribution >= 4 is 23.5 Å². The van der Waals surface area contributed by atoms with Gasteiger partial charge in [0.1, 0.15) is 17.6 Å². The number of furan rings is 1. The minimum Gasteiger partial charge on any atom is -0.480 e. The zero-order chi connectivity index (χ0) is 27.4. The summed E-state index contributed by atoms with van der Waals surface area (Å²) < 4.78 is 45.3. The van der Waals surface area contributed by atoms with Crippen molar-refractivity contribution in [3.8, 4) is 11.3 Å². The molecule has 0 saturated heterocycles. The standard InChI is InChI=1S/C29H23ClF3NO4/c1-18-14-22(30)10-12-24(18)27(35)34(25(28(36)37)15-19-6-3-2-4-7-19)17-23-11-13-26(38-23)20-8-5-9-21(16-20)29(31,32)33/h2-14,16,25H,15,17H2,1H3,(H,36,37). The molecule has 3 aromatic carbocycles. The molecule has 1 aromatic heterocycles. The van der Waals surface area contributed by atoms with Crippen LogP contribution >= 0.6 is 11.6 Å². The summed E-state index contributed by atoms with van der Waals surface area (Å²) in [5.41, 5.74) is 0.946. The third kappa shape index (κ3) is 6.26. The predicted octanol–water partition coefficient (Wildman–Crippen LogP) is 7.27. The summed E-state index contributed by atoms with van der Waals surface area (Å²) >= 11 is 6.05. The molecule has 0 saturated carbocycles. The van der Waals surface area contributed by atoms with E-state index in [4.69, 9.17) is 16.0 Å². The van der Waals surface area contributed by atoms with Crippen molar-refractivity contribution in [2.75, 3.05) is 0 Å². The Balaban J connectivity index is 1.70. The fourth-order valence-electron chi connectivity index (χ4n) is 4.15. The number of aliphatic carboxylic acids is 1. The van der Waals surface area contributed by atoms with Crippen LogP contribution in [0.2, 0.25) is 5.02 Å². The van der Waals surface area contributed by atoms with E-state index in [1.807, 2.05) is 0 Å².